The zero-order valence-electron chi connectivity index (χ0n) is 16.0. The lowest BCUT2D eigenvalue weighted by Crippen LogP contribution is -2.20. The number of nitrogens with zero attached hydrogens (tertiary/aromatic N) is 3. The van der Waals surface area contributed by atoms with Crippen LogP contribution >= 0.6 is 11.6 Å². The number of esters is 1. The Morgan fingerprint density at radius 2 is 2.14 bits per heavy atom. The molecule has 0 fully saturated rings. The zero-order valence-corrected chi connectivity index (χ0v) is 16.7. The Hall–Kier alpha value is -3.40. The van der Waals surface area contributed by atoms with E-state index in [-0.39, 0.29) is 11.4 Å². The van der Waals surface area contributed by atoms with Crippen molar-refractivity contribution in [3.63, 3.8) is 0 Å². The highest BCUT2D eigenvalue weighted by molar-refractivity contribution is 6.31. The van der Waals surface area contributed by atoms with Crippen molar-refractivity contribution in [2.24, 2.45) is 7.05 Å². The van der Waals surface area contributed by atoms with Crippen LogP contribution in [0.25, 0.3) is 6.08 Å². The van der Waals surface area contributed by atoms with Gasteiger partial charge < -0.3 is 14.8 Å². The quantitative estimate of drug-likeness (QED) is 0.300. The van der Waals surface area contributed by atoms with E-state index in [9.17, 15) is 19.7 Å². The van der Waals surface area contributed by atoms with Crippen LogP contribution in [0.5, 0.6) is 5.75 Å². The number of aryl methyl sites for hydroxylation is 2. The molecule has 0 bridgehead atoms. The predicted molar refractivity (Wildman–Crippen MR) is 106 cm³/mol. The molecular formula is C18H19ClN4O6. The first-order chi connectivity index (χ1) is 13.7. The van der Waals surface area contributed by atoms with Gasteiger partial charge in [0.1, 0.15) is 16.6 Å². The van der Waals surface area contributed by atoms with Gasteiger partial charge in [0.05, 0.1) is 23.3 Å². The number of nitro groups is 1. The number of hydrogen-bond donors (Lipinski definition) is 1. The third-order valence-corrected chi connectivity index (χ3v) is 4.13. The van der Waals surface area contributed by atoms with Crippen molar-refractivity contribution < 1.29 is 24.0 Å². The van der Waals surface area contributed by atoms with Gasteiger partial charge >= 0.3 is 5.97 Å². The first kappa shape index (κ1) is 21.9. The number of aromatic nitrogens is 2. The Morgan fingerprint density at radius 3 is 2.72 bits per heavy atom. The van der Waals surface area contributed by atoms with Crippen LogP contribution in [0, 0.1) is 17.0 Å². The van der Waals surface area contributed by atoms with Gasteiger partial charge in [0.25, 0.3) is 11.6 Å². The molecule has 1 amide bonds. The SMILES string of the molecule is CCOc1ccc(NC(=O)COC(=O)/C=C/c2c(C)nn(C)c2Cl)c([N+](=O)[O-])c1. The molecule has 2 rings (SSSR count). The molecule has 29 heavy (non-hydrogen) atoms. The van der Waals surface area contributed by atoms with Crippen molar-refractivity contribution in [1.82, 2.24) is 9.78 Å². The number of halogens is 1. The molecule has 0 aliphatic heterocycles. The minimum atomic E-state index is -0.777. The van der Waals surface area contributed by atoms with Crippen molar-refractivity contribution in [3.05, 3.63) is 50.8 Å². The number of amides is 1. The topological polar surface area (TPSA) is 126 Å². The first-order valence-corrected chi connectivity index (χ1v) is 8.85. The third-order valence-electron chi connectivity index (χ3n) is 3.68. The lowest BCUT2D eigenvalue weighted by atomic mass is 10.2. The second-order valence-corrected chi connectivity index (χ2v) is 6.13. The summed E-state index contributed by atoms with van der Waals surface area (Å²) in [7, 11) is 1.66. The van der Waals surface area contributed by atoms with Crippen molar-refractivity contribution in [3.8, 4) is 5.75 Å². The van der Waals surface area contributed by atoms with Gasteiger partial charge in [-0.3, -0.25) is 19.6 Å². The molecular weight excluding hydrogens is 404 g/mol. The van der Waals surface area contributed by atoms with Crippen LogP contribution in [0.2, 0.25) is 5.15 Å². The lowest BCUT2D eigenvalue weighted by Gasteiger charge is -2.08. The van der Waals surface area contributed by atoms with Crippen LogP contribution in [0.3, 0.4) is 0 Å². The number of nitro benzene ring substituents is 1. The number of anilines is 1. The highest BCUT2D eigenvalue weighted by Gasteiger charge is 2.18. The molecule has 0 aliphatic rings. The lowest BCUT2D eigenvalue weighted by molar-refractivity contribution is -0.384. The molecule has 0 atom stereocenters. The van der Waals surface area contributed by atoms with E-state index in [1.54, 1.807) is 20.9 Å². The largest absolute Gasteiger partial charge is 0.494 e. The number of nitrogens with one attached hydrogen (secondary N) is 1. The van der Waals surface area contributed by atoms with Crippen LogP contribution in [-0.2, 0) is 21.4 Å². The van der Waals surface area contributed by atoms with Gasteiger partial charge in [-0.2, -0.15) is 5.10 Å². The average Bonchev–Trinajstić information content (AvgIpc) is 2.91. The van der Waals surface area contributed by atoms with Gasteiger partial charge in [0.15, 0.2) is 6.61 Å². The molecule has 1 N–H and O–H groups in total. The smallest absolute Gasteiger partial charge is 0.331 e. The second kappa shape index (κ2) is 9.69. The minimum absolute atomic E-state index is 0.0344. The molecule has 0 saturated carbocycles. The number of carbonyl (C=O) groups is 2. The van der Waals surface area contributed by atoms with Crippen molar-refractivity contribution in [2.75, 3.05) is 18.5 Å². The Labute approximate surface area is 171 Å². The van der Waals surface area contributed by atoms with Gasteiger partial charge in [0.2, 0.25) is 0 Å². The van der Waals surface area contributed by atoms with E-state index in [0.717, 1.165) is 6.08 Å². The fourth-order valence-electron chi connectivity index (χ4n) is 2.38. The molecule has 0 aliphatic carbocycles. The summed E-state index contributed by atoms with van der Waals surface area (Å²) in [6, 6.07) is 4.03. The van der Waals surface area contributed by atoms with E-state index >= 15 is 0 Å². The fourth-order valence-corrected chi connectivity index (χ4v) is 2.62. The molecule has 0 unspecified atom stereocenters. The molecule has 154 valence electrons. The molecule has 0 saturated heterocycles. The van der Waals surface area contributed by atoms with Crippen LogP contribution in [-0.4, -0.2) is 39.8 Å². The Morgan fingerprint density at radius 1 is 1.41 bits per heavy atom. The predicted octanol–water partition coefficient (Wildman–Crippen LogP) is 2.88. The number of carbonyl (C=O) groups excluding carboxylic acids is 2. The maximum atomic E-state index is 12.0. The third kappa shape index (κ3) is 5.79. The summed E-state index contributed by atoms with van der Waals surface area (Å²) in [5.41, 5.74) is 0.813. The number of benzene rings is 1. The highest BCUT2D eigenvalue weighted by atomic mass is 35.5. The minimum Gasteiger partial charge on any atom is -0.494 e. The maximum absolute atomic E-state index is 12.0. The summed E-state index contributed by atoms with van der Waals surface area (Å²) in [5, 5.41) is 18.0. The van der Waals surface area contributed by atoms with Crippen LogP contribution in [0.15, 0.2) is 24.3 Å². The fraction of sp³-hybridized carbons (Fsp3) is 0.278. The van der Waals surface area contributed by atoms with Crippen molar-refractivity contribution in [1.29, 1.82) is 0 Å². The average molecular weight is 423 g/mol. The summed E-state index contributed by atoms with van der Waals surface area (Å²) in [6.07, 6.45) is 2.55. The Balaban J connectivity index is 1.96. The second-order valence-electron chi connectivity index (χ2n) is 5.77. The van der Waals surface area contributed by atoms with Crippen LogP contribution < -0.4 is 10.1 Å². The molecule has 1 aromatic carbocycles. The molecule has 10 nitrogen and oxygen atoms in total. The molecule has 0 spiro atoms. The summed E-state index contributed by atoms with van der Waals surface area (Å²) in [5.74, 6) is -1.20. The van der Waals surface area contributed by atoms with E-state index in [1.807, 2.05) is 0 Å². The van der Waals surface area contributed by atoms with Gasteiger partial charge in [-0.15, -0.1) is 0 Å². The Kier molecular flexibility index (Phi) is 7.32. The molecule has 2 aromatic rings. The van der Waals surface area contributed by atoms with Gasteiger partial charge in [0, 0.05) is 18.7 Å². The van der Waals surface area contributed by atoms with Gasteiger partial charge in [-0.1, -0.05) is 11.6 Å². The zero-order chi connectivity index (χ0) is 21.6. The number of rotatable bonds is 8. The van der Waals surface area contributed by atoms with Crippen LogP contribution in [0.4, 0.5) is 11.4 Å². The van der Waals surface area contributed by atoms with E-state index < -0.39 is 23.4 Å². The van der Waals surface area contributed by atoms with E-state index in [0.29, 0.717) is 28.8 Å². The highest BCUT2D eigenvalue weighted by Crippen LogP contribution is 2.29. The summed E-state index contributed by atoms with van der Waals surface area (Å²) < 4.78 is 11.5. The Bertz CT molecular complexity index is 970. The standard InChI is InChI=1S/C18H19ClN4O6/c1-4-28-12-5-7-14(15(9-12)23(26)27)20-16(24)10-29-17(25)8-6-13-11(2)21-22(3)18(13)19/h5-9H,4,10H2,1-3H3,(H,20,24)/b8-6+. The van der Waals surface area contributed by atoms with E-state index in [4.69, 9.17) is 21.1 Å². The van der Waals surface area contributed by atoms with Crippen molar-refractivity contribution >= 4 is 40.9 Å². The molecule has 11 heteroatoms. The van der Waals surface area contributed by atoms with Crippen molar-refractivity contribution in [2.45, 2.75) is 13.8 Å². The summed E-state index contributed by atoms with van der Waals surface area (Å²) >= 11 is 6.06. The normalized spacial score (nSPS) is 10.8. The summed E-state index contributed by atoms with van der Waals surface area (Å²) in [4.78, 5) is 34.3. The first-order valence-electron chi connectivity index (χ1n) is 8.48. The van der Waals surface area contributed by atoms with Crippen LogP contribution in [0.1, 0.15) is 18.2 Å². The maximum Gasteiger partial charge on any atom is 0.331 e. The number of ether oxygens (including phenoxy) is 2. The summed E-state index contributed by atoms with van der Waals surface area (Å²) in [6.45, 7) is 3.20. The van der Waals surface area contributed by atoms with Gasteiger partial charge in [-0.25, -0.2) is 4.79 Å². The van der Waals surface area contributed by atoms with E-state index in [1.165, 1.54) is 29.0 Å². The molecule has 0 radical (unpaired) electrons. The molecule has 1 heterocycles. The van der Waals surface area contributed by atoms with Gasteiger partial charge in [-0.05, 0) is 32.1 Å². The molecule has 1 aromatic heterocycles. The number of hydrogen-bond acceptors (Lipinski definition) is 7. The van der Waals surface area contributed by atoms with E-state index in [2.05, 4.69) is 10.4 Å². The monoisotopic (exact) mass is 422 g/mol.